The van der Waals surface area contributed by atoms with Crippen LogP contribution in [0.3, 0.4) is 0 Å². The average molecular weight is 563 g/mol. The van der Waals surface area contributed by atoms with Crippen molar-refractivity contribution in [2.45, 2.75) is 0 Å². The Hall–Kier alpha value is -5.86. The van der Waals surface area contributed by atoms with Crippen molar-refractivity contribution in [1.82, 2.24) is 9.97 Å². The number of H-pyrrole nitrogens is 2. The summed E-state index contributed by atoms with van der Waals surface area (Å²) in [7, 11) is 0. The van der Waals surface area contributed by atoms with Crippen molar-refractivity contribution in [2.24, 2.45) is 0 Å². The van der Waals surface area contributed by atoms with Gasteiger partial charge in [0.05, 0.1) is 11.4 Å². The first-order valence-corrected chi connectivity index (χ1v) is 15.0. The van der Waals surface area contributed by atoms with Gasteiger partial charge in [0.15, 0.2) is 0 Å². The fourth-order valence-corrected chi connectivity index (χ4v) is 6.36. The van der Waals surface area contributed by atoms with E-state index < -0.39 is 0 Å². The highest BCUT2D eigenvalue weighted by molar-refractivity contribution is 5.99. The van der Waals surface area contributed by atoms with Crippen molar-refractivity contribution < 1.29 is 0 Å². The van der Waals surface area contributed by atoms with Gasteiger partial charge in [0, 0.05) is 34.6 Å². The van der Waals surface area contributed by atoms with Gasteiger partial charge in [-0.1, -0.05) is 146 Å². The molecule has 6 aromatic carbocycles. The van der Waals surface area contributed by atoms with Gasteiger partial charge in [0.2, 0.25) is 0 Å². The molecule has 0 amide bonds. The number of rotatable bonds is 6. The van der Waals surface area contributed by atoms with E-state index in [1.807, 2.05) is 0 Å². The Morgan fingerprint density at radius 3 is 1.05 bits per heavy atom. The van der Waals surface area contributed by atoms with E-state index in [1.54, 1.807) is 0 Å². The second-order valence-electron chi connectivity index (χ2n) is 11.1. The van der Waals surface area contributed by atoms with Crippen molar-refractivity contribution in [3.05, 3.63) is 170 Å². The topological polar surface area (TPSA) is 31.6 Å². The number of aromatic nitrogens is 2. The van der Waals surface area contributed by atoms with Gasteiger partial charge in [-0.3, -0.25) is 0 Å². The monoisotopic (exact) mass is 562 g/mol. The van der Waals surface area contributed by atoms with Crippen LogP contribution < -0.4 is 0 Å². The van der Waals surface area contributed by atoms with Gasteiger partial charge in [-0.05, 0) is 56.3 Å². The number of nitrogens with one attached hydrogen (secondary N) is 2. The van der Waals surface area contributed by atoms with Crippen molar-refractivity contribution in [3.8, 4) is 67.0 Å². The van der Waals surface area contributed by atoms with Gasteiger partial charge >= 0.3 is 0 Å². The summed E-state index contributed by atoms with van der Waals surface area (Å²) in [6, 6.07) is 56.1. The molecule has 2 heterocycles. The van der Waals surface area contributed by atoms with E-state index in [0.717, 1.165) is 22.5 Å². The standard InChI is InChI=1S/C42H30N2/c1-5-13-30(14-6-1)37-27-43-41(39(37)32-17-9-3-10-18-32)34-23-21-29-22-24-35(26-36(29)25-34)42-40(33-19-11-4-12-20-33)38(28-44-42)31-15-7-2-8-16-31/h1-28,43-44H. The summed E-state index contributed by atoms with van der Waals surface area (Å²) in [6.07, 6.45) is 4.29. The molecule has 0 aliphatic heterocycles. The predicted octanol–water partition coefficient (Wildman–Crippen LogP) is 11.5. The Balaban J connectivity index is 1.28. The van der Waals surface area contributed by atoms with Crippen LogP contribution in [0, 0.1) is 0 Å². The molecule has 0 fully saturated rings. The third-order valence-electron chi connectivity index (χ3n) is 8.47. The lowest BCUT2D eigenvalue weighted by Crippen LogP contribution is -1.87. The minimum Gasteiger partial charge on any atom is -0.360 e. The molecule has 44 heavy (non-hydrogen) atoms. The SMILES string of the molecule is c1ccc(-c2c[nH]c(-c3ccc4ccc(-c5[nH]cc(-c6ccccc6)c5-c5ccccc5)cc4c3)c2-c2ccccc2)cc1. The lowest BCUT2D eigenvalue weighted by molar-refractivity contribution is 1.40. The van der Waals surface area contributed by atoms with Crippen LogP contribution in [-0.2, 0) is 0 Å². The van der Waals surface area contributed by atoms with Crippen LogP contribution in [0.4, 0.5) is 0 Å². The maximum absolute atomic E-state index is 3.64. The molecular formula is C42H30N2. The van der Waals surface area contributed by atoms with Crippen LogP contribution >= 0.6 is 0 Å². The number of hydrogen-bond donors (Lipinski definition) is 2. The zero-order chi connectivity index (χ0) is 29.3. The average Bonchev–Trinajstić information content (AvgIpc) is 3.75. The fraction of sp³-hybridized carbons (Fsp3) is 0. The first kappa shape index (κ1) is 25.8. The molecule has 0 saturated heterocycles. The number of fused-ring (bicyclic) bond motifs is 1. The van der Waals surface area contributed by atoms with Crippen molar-refractivity contribution in [1.29, 1.82) is 0 Å². The summed E-state index contributed by atoms with van der Waals surface area (Å²) in [5.74, 6) is 0. The third kappa shape index (κ3) is 4.63. The highest BCUT2D eigenvalue weighted by Crippen LogP contribution is 2.43. The molecule has 0 aliphatic carbocycles. The lowest BCUT2D eigenvalue weighted by atomic mass is 9.92. The zero-order valence-electron chi connectivity index (χ0n) is 24.2. The second-order valence-corrected chi connectivity index (χ2v) is 11.1. The summed E-state index contributed by atoms with van der Waals surface area (Å²) in [6.45, 7) is 0. The van der Waals surface area contributed by atoms with Gasteiger partial charge in [-0.2, -0.15) is 0 Å². The molecule has 8 aromatic rings. The van der Waals surface area contributed by atoms with E-state index in [1.165, 1.54) is 55.3 Å². The molecule has 208 valence electrons. The molecule has 0 unspecified atom stereocenters. The number of aromatic amines is 2. The quantitative estimate of drug-likeness (QED) is 0.202. The molecule has 2 aromatic heterocycles. The smallest absolute Gasteiger partial charge is 0.0540 e. The Kier molecular flexibility index (Phi) is 6.51. The van der Waals surface area contributed by atoms with Gasteiger partial charge in [-0.25, -0.2) is 0 Å². The first-order chi connectivity index (χ1) is 21.8. The van der Waals surface area contributed by atoms with Crippen molar-refractivity contribution >= 4 is 10.8 Å². The molecular weight excluding hydrogens is 532 g/mol. The third-order valence-corrected chi connectivity index (χ3v) is 8.47. The van der Waals surface area contributed by atoms with Crippen molar-refractivity contribution in [3.63, 3.8) is 0 Å². The molecule has 0 radical (unpaired) electrons. The first-order valence-electron chi connectivity index (χ1n) is 15.0. The molecule has 8 rings (SSSR count). The van der Waals surface area contributed by atoms with Crippen LogP contribution in [0.5, 0.6) is 0 Å². The van der Waals surface area contributed by atoms with Gasteiger partial charge in [0.25, 0.3) is 0 Å². The molecule has 0 atom stereocenters. The summed E-state index contributed by atoms with van der Waals surface area (Å²) in [4.78, 5) is 7.29. The molecule has 2 heteroatoms. The van der Waals surface area contributed by atoms with Crippen LogP contribution in [-0.4, -0.2) is 9.97 Å². The Morgan fingerprint density at radius 1 is 0.295 bits per heavy atom. The van der Waals surface area contributed by atoms with Crippen molar-refractivity contribution in [2.75, 3.05) is 0 Å². The molecule has 2 nitrogen and oxygen atoms in total. The number of hydrogen-bond acceptors (Lipinski definition) is 0. The molecule has 0 bridgehead atoms. The molecule has 0 spiro atoms. The van der Waals surface area contributed by atoms with E-state index in [4.69, 9.17) is 0 Å². The summed E-state index contributed by atoms with van der Waals surface area (Å²) in [5.41, 5.74) is 14.2. The Morgan fingerprint density at radius 2 is 0.659 bits per heavy atom. The van der Waals surface area contributed by atoms with Crippen LogP contribution in [0.25, 0.3) is 77.8 Å². The highest BCUT2D eigenvalue weighted by atomic mass is 14.7. The van der Waals surface area contributed by atoms with Crippen LogP contribution in [0.1, 0.15) is 0 Å². The minimum absolute atomic E-state index is 1.12. The van der Waals surface area contributed by atoms with Crippen LogP contribution in [0.15, 0.2) is 170 Å². The zero-order valence-corrected chi connectivity index (χ0v) is 24.2. The van der Waals surface area contributed by atoms with Crippen LogP contribution in [0.2, 0.25) is 0 Å². The maximum atomic E-state index is 3.64. The predicted molar refractivity (Wildman–Crippen MR) is 185 cm³/mol. The minimum atomic E-state index is 1.12. The van der Waals surface area contributed by atoms with E-state index in [0.29, 0.717) is 0 Å². The van der Waals surface area contributed by atoms with Gasteiger partial charge in [0.1, 0.15) is 0 Å². The van der Waals surface area contributed by atoms with E-state index in [9.17, 15) is 0 Å². The number of benzene rings is 6. The molecule has 0 aliphatic rings. The highest BCUT2D eigenvalue weighted by Gasteiger charge is 2.18. The summed E-state index contributed by atoms with van der Waals surface area (Å²) in [5, 5.41) is 2.41. The van der Waals surface area contributed by atoms with E-state index in [-0.39, 0.29) is 0 Å². The molecule has 2 N–H and O–H groups in total. The molecule has 0 saturated carbocycles. The van der Waals surface area contributed by atoms with E-state index in [2.05, 4.69) is 180 Å². The van der Waals surface area contributed by atoms with E-state index >= 15 is 0 Å². The largest absolute Gasteiger partial charge is 0.360 e. The Bertz CT molecular complexity index is 2030. The summed E-state index contributed by atoms with van der Waals surface area (Å²) >= 11 is 0. The second kappa shape index (κ2) is 11.1. The fourth-order valence-electron chi connectivity index (χ4n) is 6.36. The normalized spacial score (nSPS) is 11.2. The summed E-state index contributed by atoms with van der Waals surface area (Å²) < 4.78 is 0. The van der Waals surface area contributed by atoms with Gasteiger partial charge in [-0.15, -0.1) is 0 Å². The Labute approximate surface area is 257 Å². The van der Waals surface area contributed by atoms with Gasteiger partial charge < -0.3 is 9.97 Å². The maximum Gasteiger partial charge on any atom is 0.0540 e. The lowest BCUT2D eigenvalue weighted by Gasteiger charge is -2.12.